The van der Waals surface area contributed by atoms with E-state index in [0.717, 1.165) is 38.4 Å². The molecular formula is C15H29ClN2O. The van der Waals surface area contributed by atoms with Crippen molar-refractivity contribution in [3.63, 3.8) is 0 Å². The van der Waals surface area contributed by atoms with Crippen molar-refractivity contribution in [2.45, 2.75) is 51.9 Å². The highest BCUT2D eigenvalue weighted by Crippen LogP contribution is 2.30. The summed E-state index contributed by atoms with van der Waals surface area (Å²) in [6.07, 6.45) is 8.99. The molecular weight excluding hydrogens is 260 g/mol. The van der Waals surface area contributed by atoms with Gasteiger partial charge < -0.3 is 10.6 Å². The lowest BCUT2D eigenvalue weighted by molar-refractivity contribution is -0.134. The topological polar surface area (TPSA) is 46.3 Å². The van der Waals surface area contributed by atoms with E-state index in [9.17, 15) is 4.79 Å². The van der Waals surface area contributed by atoms with Crippen LogP contribution in [0.4, 0.5) is 0 Å². The molecule has 1 aliphatic heterocycles. The quantitative estimate of drug-likeness (QED) is 0.865. The molecule has 1 saturated heterocycles. The first kappa shape index (κ1) is 16.8. The molecule has 0 aromatic carbocycles. The van der Waals surface area contributed by atoms with Crippen LogP contribution in [0.5, 0.6) is 0 Å². The lowest BCUT2D eigenvalue weighted by Gasteiger charge is -2.26. The first-order chi connectivity index (χ1) is 8.70. The van der Waals surface area contributed by atoms with Crippen molar-refractivity contribution < 1.29 is 4.79 Å². The van der Waals surface area contributed by atoms with Gasteiger partial charge in [-0.05, 0) is 31.2 Å². The van der Waals surface area contributed by atoms with Crippen LogP contribution in [0.15, 0.2) is 0 Å². The molecule has 0 aromatic rings. The summed E-state index contributed by atoms with van der Waals surface area (Å²) < 4.78 is 0. The van der Waals surface area contributed by atoms with Crippen LogP contribution in [0, 0.1) is 17.8 Å². The van der Waals surface area contributed by atoms with E-state index < -0.39 is 0 Å². The molecule has 1 aliphatic carbocycles. The highest BCUT2D eigenvalue weighted by atomic mass is 35.5. The summed E-state index contributed by atoms with van der Waals surface area (Å²) in [5.74, 6) is 1.92. The second-order valence-electron chi connectivity index (χ2n) is 6.32. The number of carbonyl (C=O) groups excluding carboxylic acids is 1. The number of likely N-dealkylation sites (tertiary alicyclic amines) is 1. The van der Waals surface area contributed by atoms with Crippen molar-refractivity contribution in [1.29, 1.82) is 0 Å². The summed E-state index contributed by atoms with van der Waals surface area (Å²) in [7, 11) is 0. The van der Waals surface area contributed by atoms with E-state index in [-0.39, 0.29) is 18.3 Å². The fourth-order valence-electron chi connectivity index (χ4n) is 3.56. The Balaban J connectivity index is 0.00000180. The maximum absolute atomic E-state index is 12.4. The Hall–Kier alpha value is -0.280. The van der Waals surface area contributed by atoms with Gasteiger partial charge in [-0.2, -0.15) is 0 Å². The Labute approximate surface area is 123 Å². The molecule has 2 atom stereocenters. The highest BCUT2D eigenvalue weighted by Gasteiger charge is 2.29. The third-order valence-electron chi connectivity index (χ3n) is 4.76. The van der Waals surface area contributed by atoms with Gasteiger partial charge in [0.25, 0.3) is 0 Å². The third-order valence-corrected chi connectivity index (χ3v) is 4.76. The zero-order valence-electron chi connectivity index (χ0n) is 12.1. The van der Waals surface area contributed by atoms with Crippen LogP contribution in [-0.2, 0) is 4.79 Å². The van der Waals surface area contributed by atoms with Gasteiger partial charge in [0.15, 0.2) is 0 Å². The van der Waals surface area contributed by atoms with Crippen LogP contribution in [0.1, 0.15) is 51.9 Å². The fourth-order valence-corrected chi connectivity index (χ4v) is 3.56. The minimum atomic E-state index is 0. The van der Waals surface area contributed by atoms with Crippen molar-refractivity contribution in [2.24, 2.45) is 23.5 Å². The van der Waals surface area contributed by atoms with Gasteiger partial charge in [0, 0.05) is 19.0 Å². The van der Waals surface area contributed by atoms with Crippen LogP contribution >= 0.6 is 12.4 Å². The number of halogens is 1. The number of nitrogens with two attached hydrogens (primary N) is 1. The van der Waals surface area contributed by atoms with Crippen molar-refractivity contribution in [3.05, 3.63) is 0 Å². The molecule has 1 heterocycles. The van der Waals surface area contributed by atoms with Gasteiger partial charge in [-0.25, -0.2) is 0 Å². The Morgan fingerprint density at radius 2 is 1.89 bits per heavy atom. The molecule has 2 unspecified atom stereocenters. The Morgan fingerprint density at radius 3 is 2.47 bits per heavy atom. The number of hydrogen-bond acceptors (Lipinski definition) is 2. The van der Waals surface area contributed by atoms with Crippen LogP contribution in [-0.4, -0.2) is 30.4 Å². The van der Waals surface area contributed by atoms with Gasteiger partial charge in [0.2, 0.25) is 5.91 Å². The van der Waals surface area contributed by atoms with E-state index in [1.807, 2.05) is 4.90 Å². The zero-order valence-corrected chi connectivity index (χ0v) is 13.0. The predicted octanol–water partition coefficient (Wildman–Crippen LogP) is 2.82. The average molecular weight is 289 g/mol. The van der Waals surface area contributed by atoms with Crippen LogP contribution in [0.3, 0.4) is 0 Å². The molecule has 0 radical (unpaired) electrons. The summed E-state index contributed by atoms with van der Waals surface area (Å²) in [6, 6.07) is 0. The summed E-state index contributed by atoms with van der Waals surface area (Å²) in [6.45, 7) is 4.66. The number of amides is 1. The highest BCUT2D eigenvalue weighted by molar-refractivity contribution is 5.85. The van der Waals surface area contributed by atoms with Gasteiger partial charge in [-0.1, -0.05) is 39.0 Å². The van der Waals surface area contributed by atoms with E-state index in [2.05, 4.69) is 6.92 Å². The Morgan fingerprint density at radius 1 is 1.21 bits per heavy atom. The van der Waals surface area contributed by atoms with E-state index in [0.29, 0.717) is 11.8 Å². The molecule has 1 saturated carbocycles. The maximum atomic E-state index is 12.4. The van der Waals surface area contributed by atoms with Gasteiger partial charge in [-0.3, -0.25) is 4.79 Å². The fraction of sp³-hybridized carbons (Fsp3) is 0.933. The summed E-state index contributed by atoms with van der Waals surface area (Å²) >= 11 is 0. The SMILES string of the molecule is CC(CC1CCCCC1)C(=O)N1CCC(CN)C1.Cl. The number of nitrogens with zero attached hydrogens (tertiary/aromatic N) is 1. The largest absolute Gasteiger partial charge is 0.342 e. The minimum Gasteiger partial charge on any atom is -0.342 e. The lowest BCUT2D eigenvalue weighted by Crippen LogP contribution is -2.35. The maximum Gasteiger partial charge on any atom is 0.225 e. The molecule has 2 aliphatic rings. The van der Waals surface area contributed by atoms with Gasteiger partial charge in [0.1, 0.15) is 0 Å². The van der Waals surface area contributed by atoms with Crippen molar-refractivity contribution in [2.75, 3.05) is 19.6 Å². The van der Waals surface area contributed by atoms with E-state index in [1.54, 1.807) is 0 Å². The summed E-state index contributed by atoms with van der Waals surface area (Å²) in [5, 5.41) is 0. The Bertz CT molecular complexity index is 279. The Kier molecular flexibility index (Phi) is 7.16. The van der Waals surface area contributed by atoms with Crippen LogP contribution in [0.25, 0.3) is 0 Å². The first-order valence-corrected chi connectivity index (χ1v) is 7.69. The molecule has 4 heteroatoms. The van der Waals surface area contributed by atoms with Crippen LogP contribution in [0.2, 0.25) is 0 Å². The van der Waals surface area contributed by atoms with Gasteiger partial charge >= 0.3 is 0 Å². The third kappa shape index (κ3) is 4.64. The normalized spacial score (nSPS) is 26.0. The summed E-state index contributed by atoms with van der Waals surface area (Å²) in [4.78, 5) is 14.4. The van der Waals surface area contributed by atoms with E-state index in [4.69, 9.17) is 5.73 Å². The minimum absolute atomic E-state index is 0. The van der Waals surface area contributed by atoms with E-state index in [1.165, 1.54) is 32.1 Å². The zero-order chi connectivity index (χ0) is 13.0. The molecule has 0 spiro atoms. The van der Waals surface area contributed by atoms with Gasteiger partial charge in [0.05, 0.1) is 0 Å². The first-order valence-electron chi connectivity index (χ1n) is 7.69. The molecule has 0 bridgehead atoms. The predicted molar refractivity (Wildman–Crippen MR) is 81.3 cm³/mol. The average Bonchev–Trinajstić information content (AvgIpc) is 2.87. The van der Waals surface area contributed by atoms with Crippen LogP contribution < -0.4 is 5.73 Å². The molecule has 0 aromatic heterocycles. The summed E-state index contributed by atoms with van der Waals surface area (Å²) in [5.41, 5.74) is 5.68. The molecule has 2 N–H and O–H groups in total. The molecule has 2 rings (SSSR count). The van der Waals surface area contributed by atoms with Gasteiger partial charge in [-0.15, -0.1) is 12.4 Å². The second kappa shape index (κ2) is 8.11. The number of carbonyl (C=O) groups is 1. The molecule has 19 heavy (non-hydrogen) atoms. The molecule has 2 fully saturated rings. The molecule has 112 valence electrons. The second-order valence-corrected chi connectivity index (χ2v) is 6.32. The monoisotopic (exact) mass is 288 g/mol. The van der Waals surface area contributed by atoms with Crippen molar-refractivity contribution >= 4 is 18.3 Å². The number of hydrogen-bond donors (Lipinski definition) is 1. The lowest BCUT2D eigenvalue weighted by atomic mass is 9.83. The molecule has 3 nitrogen and oxygen atoms in total. The standard InChI is InChI=1S/C15H28N2O.ClH/c1-12(9-13-5-3-2-4-6-13)15(18)17-8-7-14(10-16)11-17;/h12-14H,2-11,16H2,1H3;1H. The number of rotatable bonds is 4. The smallest absolute Gasteiger partial charge is 0.225 e. The van der Waals surface area contributed by atoms with Crippen molar-refractivity contribution in [3.8, 4) is 0 Å². The molecule has 1 amide bonds. The van der Waals surface area contributed by atoms with Crippen molar-refractivity contribution in [1.82, 2.24) is 4.90 Å². The van der Waals surface area contributed by atoms with E-state index >= 15 is 0 Å².